The van der Waals surface area contributed by atoms with Crippen molar-refractivity contribution in [2.24, 2.45) is 0 Å². The fourth-order valence-corrected chi connectivity index (χ4v) is 5.81. The summed E-state index contributed by atoms with van der Waals surface area (Å²) in [6.07, 6.45) is 3.96. The van der Waals surface area contributed by atoms with Crippen LogP contribution < -0.4 is 10.9 Å². The van der Waals surface area contributed by atoms with Crippen molar-refractivity contribution < 1.29 is 4.79 Å². The first-order chi connectivity index (χ1) is 13.7. The number of nitrogens with zero attached hydrogens (tertiary/aromatic N) is 2. The number of fused-ring (bicyclic) bond motifs is 3. The quantitative estimate of drug-likeness (QED) is 0.476. The first kappa shape index (κ1) is 19.2. The predicted molar refractivity (Wildman–Crippen MR) is 115 cm³/mol. The molecule has 2 heterocycles. The molecule has 0 fully saturated rings. The summed E-state index contributed by atoms with van der Waals surface area (Å²) in [5.41, 5.74) is 2.45. The number of benzene rings is 1. The number of carbonyl (C=O) groups is 1. The molecule has 1 aliphatic rings. The first-order valence-electron chi connectivity index (χ1n) is 9.66. The van der Waals surface area contributed by atoms with Gasteiger partial charge in [-0.2, -0.15) is 0 Å². The largest absolute Gasteiger partial charge is 0.355 e. The molecule has 1 N–H and O–H groups in total. The molecule has 0 saturated heterocycles. The van der Waals surface area contributed by atoms with E-state index < -0.39 is 0 Å². The maximum Gasteiger partial charge on any atom is 0.263 e. The summed E-state index contributed by atoms with van der Waals surface area (Å²) in [5.74, 6) is 0.226. The number of thiophene rings is 1. The van der Waals surface area contributed by atoms with Gasteiger partial charge < -0.3 is 5.32 Å². The number of hydrogen-bond donors (Lipinski definition) is 1. The molecule has 7 heteroatoms. The van der Waals surface area contributed by atoms with E-state index in [4.69, 9.17) is 4.98 Å². The molecule has 3 aromatic rings. The van der Waals surface area contributed by atoms with Gasteiger partial charge in [0.25, 0.3) is 5.56 Å². The zero-order chi connectivity index (χ0) is 19.5. The van der Waals surface area contributed by atoms with E-state index >= 15 is 0 Å². The normalized spacial score (nSPS) is 13.0. The molecule has 5 nitrogen and oxygen atoms in total. The van der Waals surface area contributed by atoms with Crippen LogP contribution in [0.5, 0.6) is 0 Å². The highest BCUT2D eigenvalue weighted by atomic mass is 32.2. The van der Waals surface area contributed by atoms with Crippen LogP contribution in [-0.2, 0) is 30.6 Å². The SMILES string of the molecule is CCn1c(SCC(=O)NCCc2ccccc2)nc2sc3c(c2c1=O)CCC3. The van der Waals surface area contributed by atoms with Crippen LogP contribution in [0.15, 0.2) is 40.3 Å². The Hall–Kier alpha value is -2.12. The number of hydrogen-bond acceptors (Lipinski definition) is 5. The summed E-state index contributed by atoms with van der Waals surface area (Å²) >= 11 is 2.98. The monoisotopic (exact) mass is 413 g/mol. The van der Waals surface area contributed by atoms with Gasteiger partial charge in [0.2, 0.25) is 5.91 Å². The van der Waals surface area contributed by atoms with E-state index in [1.54, 1.807) is 15.9 Å². The highest BCUT2D eigenvalue weighted by molar-refractivity contribution is 7.99. The summed E-state index contributed by atoms with van der Waals surface area (Å²) in [6, 6.07) is 10.1. The van der Waals surface area contributed by atoms with Crippen molar-refractivity contribution in [2.45, 2.75) is 44.3 Å². The summed E-state index contributed by atoms with van der Waals surface area (Å²) < 4.78 is 1.70. The predicted octanol–water partition coefficient (Wildman–Crippen LogP) is 3.42. The number of nitrogens with one attached hydrogen (secondary N) is 1. The topological polar surface area (TPSA) is 64.0 Å². The molecular weight excluding hydrogens is 390 g/mol. The molecule has 1 amide bonds. The van der Waals surface area contributed by atoms with Gasteiger partial charge in [-0.05, 0) is 43.7 Å². The molecule has 0 atom stereocenters. The van der Waals surface area contributed by atoms with Gasteiger partial charge in [0, 0.05) is 18.0 Å². The van der Waals surface area contributed by atoms with Crippen molar-refractivity contribution in [1.82, 2.24) is 14.9 Å². The molecule has 4 rings (SSSR count). The Morgan fingerprint density at radius 2 is 2.11 bits per heavy atom. The van der Waals surface area contributed by atoms with Gasteiger partial charge in [-0.15, -0.1) is 11.3 Å². The van der Waals surface area contributed by atoms with Crippen LogP contribution in [0, 0.1) is 0 Å². The number of amides is 1. The van der Waals surface area contributed by atoms with Crippen LogP contribution in [0.3, 0.4) is 0 Å². The minimum atomic E-state index is -0.0356. The third-order valence-electron chi connectivity index (χ3n) is 5.02. The third-order valence-corrected chi connectivity index (χ3v) is 7.18. The second-order valence-electron chi connectivity index (χ2n) is 6.86. The lowest BCUT2D eigenvalue weighted by Gasteiger charge is -2.10. The van der Waals surface area contributed by atoms with E-state index in [1.807, 2.05) is 25.1 Å². The molecular formula is C21H23N3O2S2. The number of carbonyl (C=O) groups excluding carboxylic acids is 1. The zero-order valence-electron chi connectivity index (χ0n) is 15.9. The average molecular weight is 414 g/mol. The van der Waals surface area contributed by atoms with E-state index in [0.717, 1.165) is 35.9 Å². The minimum absolute atomic E-state index is 0.0356. The van der Waals surface area contributed by atoms with Crippen molar-refractivity contribution in [1.29, 1.82) is 0 Å². The molecule has 2 aromatic heterocycles. The van der Waals surface area contributed by atoms with E-state index in [0.29, 0.717) is 18.2 Å². The number of rotatable bonds is 7. The van der Waals surface area contributed by atoms with Crippen LogP contribution in [0.2, 0.25) is 0 Å². The van der Waals surface area contributed by atoms with Crippen molar-refractivity contribution in [3.05, 3.63) is 56.7 Å². The number of aromatic nitrogens is 2. The highest BCUT2D eigenvalue weighted by Gasteiger charge is 2.23. The Morgan fingerprint density at radius 3 is 2.89 bits per heavy atom. The minimum Gasteiger partial charge on any atom is -0.355 e. The second-order valence-corrected chi connectivity index (χ2v) is 8.88. The molecule has 146 valence electrons. The van der Waals surface area contributed by atoms with Crippen LogP contribution in [-0.4, -0.2) is 27.8 Å². The first-order valence-corrected chi connectivity index (χ1v) is 11.5. The summed E-state index contributed by atoms with van der Waals surface area (Å²) in [5, 5.41) is 4.39. The van der Waals surface area contributed by atoms with Gasteiger partial charge in [0.05, 0.1) is 11.1 Å². The van der Waals surface area contributed by atoms with Crippen LogP contribution in [0.1, 0.15) is 29.3 Å². The Morgan fingerprint density at radius 1 is 1.29 bits per heavy atom. The Balaban J connectivity index is 1.43. The Bertz CT molecular complexity index is 1060. The van der Waals surface area contributed by atoms with Crippen LogP contribution in [0.25, 0.3) is 10.2 Å². The molecule has 0 unspecified atom stereocenters. The fourth-order valence-electron chi connectivity index (χ4n) is 3.62. The standard InChI is InChI=1S/C21H23N3O2S2/c1-2-24-20(26)18-15-9-6-10-16(15)28-19(18)23-21(24)27-13-17(25)22-12-11-14-7-4-3-5-8-14/h3-5,7-8H,2,6,9-13H2,1H3,(H,22,25). The van der Waals surface area contributed by atoms with Gasteiger partial charge in [0.1, 0.15) is 4.83 Å². The molecule has 1 aliphatic carbocycles. The maximum atomic E-state index is 13.0. The van der Waals surface area contributed by atoms with E-state index in [2.05, 4.69) is 17.4 Å². The maximum absolute atomic E-state index is 13.0. The second kappa shape index (κ2) is 8.49. The van der Waals surface area contributed by atoms with Gasteiger partial charge in [-0.1, -0.05) is 42.1 Å². The molecule has 0 aliphatic heterocycles. The van der Waals surface area contributed by atoms with Crippen LogP contribution >= 0.6 is 23.1 Å². The summed E-state index contributed by atoms with van der Waals surface area (Å²) in [7, 11) is 0. The number of thioether (sulfide) groups is 1. The molecule has 0 saturated carbocycles. The number of aryl methyl sites for hydroxylation is 2. The summed E-state index contributed by atoms with van der Waals surface area (Å²) in [4.78, 5) is 32.1. The smallest absolute Gasteiger partial charge is 0.263 e. The molecule has 0 radical (unpaired) electrons. The molecule has 0 spiro atoms. The van der Waals surface area contributed by atoms with Crippen molar-refractivity contribution in [3.8, 4) is 0 Å². The molecule has 28 heavy (non-hydrogen) atoms. The highest BCUT2D eigenvalue weighted by Crippen LogP contribution is 2.35. The lowest BCUT2D eigenvalue weighted by Crippen LogP contribution is -2.28. The van der Waals surface area contributed by atoms with Gasteiger partial charge >= 0.3 is 0 Å². The van der Waals surface area contributed by atoms with Crippen LogP contribution in [0.4, 0.5) is 0 Å². The van der Waals surface area contributed by atoms with Crippen molar-refractivity contribution in [2.75, 3.05) is 12.3 Å². The van der Waals surface area contributed by atoms with E-state index in [1.165, 1.54) is 27.8 Å². The van der Waals surface area contributed by atoms with Crippen molar-refractivity contribution in [3.63, 3.8) is 0 Å². The lowest BCUT2D eigenvalue weighted by molar-refractivity contribution is -0.118. The molecule has 0 bridgehead atoms. The Labute approximate surface area is 172 Å². The summed E-state index contributed by atoms with van der Waals surface area (Å²) in [6.45, 7) is 3.12. The lowest BCUT2D eigenvalue weighted by atomic mass is 10.1. The average Bonchev–Trinajstić information content (AvgIpc) is 3.28. The van der Waals surface area contributed by atoms with E-state index in [-0.39, 0.29) is 17.2 Å². The Kier molecular flexibility index (Phi) is 5.82. The van der Waals surface area contributed by atoms with Gasteiger partial charge in [-0.3, -0.25) is 14.2 Å². The molecule has 1 aromatic carbocycles. The third kappa shape index (κ3) is 3.86. The van der Waals surface area contributed by atoms with Gasteiger partial charge in [0.15, 0.2) is 5.16 Å². The fraction of sp³-hybridized carbons (Fsp3) is 0.381. The van der Waals surface area contributed by atoms with Crippen molar-refractivity contribution >= 4 is 39.2 Å². The zero-order valence-corrected chi connectivity index (χ0v) is 17.5. The van der Waals surface area contributed by atoms with E-state index in [9.17, 15) is 9.59 Å². The van der Waals surface area contributed by atoms with Gasteiger partial charge in [-0.25, -0.2) is 4.98 Å².